The molecule has 0 saturated carbocycles. The van der Waals surface area contributed by atoms with Crippen LogP contribution in [0.5, 0.6) is 5.75 Å². The van der Waals surface area contributed by atoms with Gasteiger partial charge >= 0.3 is 0 Å². The van der Waals surface area contributed by atoms with E-state index in [1.807, 2.05) is 51.1 Å². The van der Waals surface area contributed by atoms with Crippen LogP contribution in [-0.4, -0.2) is 12.5 Å². The summed E-state index contributed by atoms with van der Waals surface area (Å²) >= 11 is 5.97. The van der Waals surface area contributed by atoms with Gasteiger partial charge in [-0.2, -0.15) is 0 Å². The van der Waals surface area contributed by atoms with E-state index in [4.69, 9.17) is 16.3 Å². The number of nitrogens with one attached hydrogen (secondary N) is 1. The molecule has 0 atom stereocenters. The maximum atomic E-state index is 12.0. The molecule has 0 spiro atoms. The smallest absolute Gasteiger partial charge is 0.224 e. The lowest BCUT2D eigenvalue weighted by Gasteiger charge is -2.10. The highest BCUT2D eigenvalue weighted by atomic mass is 35.5. The van der Waals surface area contributed by atoms with Gasteiger partial charge in [-0.3, -0.25) is 4.79 Å². The van der Waals surface area contributed by atoms with Crippen LogP contribution in [0.3, 0.4) is 0 Å². The van der Waals surface area contributed by atoms with Crippen molar-refractivity contribution < 1.29 is 9.53 Å². The molecule has 1 amide bonds. The highest BCUT2D eigenvalue weighted by Crippen LogP contribution is 2.21. The second kappa shape index (κ2) is 8.02. The number of anilines is 1. The third kappa shape index (κ3) is 5.29. The van der Waals surface area contributed by atoms with Crippen LogP contribution < -0.4 is 10.1 Å². The van der Waals surface area contributed by atoms with Crippen molar-refractivity contribution in [1.29, 1.82) is 0 Å². The van der Waals surface area contributed by atoms with Crippen molar-refractivity contribution in [2.24, 2.45) is 0 Å². The van der Waals surface area contributed by atoms with Gasteiger partial charge in [-0.15, -0.1) is 0 Å². The predicted octanol–water partition coefficient (Wildman–Crippen LogP) is 5.06. The third-order valence-corrected chi connectivity index (χ3v) is 4.03. The fourth-order valence-electron chi connectivity index (χ4n) is 2.30. The molecule has 2 rings (SSSR count). The number of rotatable bonds is 6. The van der Waals surface area contributed by atoms with Gasteiger partial charge in [-0.1, -0.05) is 29.3 Å². The van der Waals surface area contributed by atoms with Gasteiger partial charge in [-0.25, -0.2) is 0 Å². The molecule has 4 heteroatoms. The summed E-state index contributed by atoms with van der Waals surface area (Å²) in [5, 5.41) is 3.67. The first-order valence-corrected chi connectivity index (χ1v) is 8.09. The zero-order valence-corrected chi connectivity index (χ0v) is 14.5. The molecule has 2 aromatic rings. The van der Waals surface area contributed by atoms with Crippen LogP contribution in [0.2, 0.25) is 5.02 Å². The lowest BCUT2D eigenvalue weighted by atomic mass is 10.1. The number of benzene rings is 2. The number of hydrogen-bond acceptors (Lipinski definition) is 2. The van der Waals surface area contributed by atoms with Gasteiger partial charge in [0.15, 0.2) is 0 Å². The number of amides is 1. The minimum Gasteiger partial charge on any atom is -0.494 e. The summed E-state index contributed by atoms with van der Waals surface area (Å²) in [6.45, 7) is 6.47. The predicted molar refractivity (Wildman–Crippen MR) is 95.5 cm³/mol. The maximum Gasteiger partial charge on any atom is 0.224 e. The second-order valence-corrected chi connectivity index (χ2v) is 6.14. The molecule has 0 unspecified atom stereocenters. The molecule has 0 saturated heterocycles. The Morgan fingerprint density at radius 3 is 2.57 bits per heavy atom. The molecule has 0 aliphatic heterocycles. The number of aryl methyl sites for hydroxylation is 3. The molecule has 0 fully saturated rings. The zero-order chi connectivity index (χ0) is 16.8. The summed E-state index contributed by atoms with van der Waals surface area (Å²) in [6.07, 6.45) is 1.10. The van der Waals surface area contributed by atoms with Crippen molar-refractivity contribution in [3.8, 4) is 5.75 Å². The average Bonchev–Trinajstić information content (AvgIpc) is 2.50. The maximum absolute atomic E-state index is 12.0. The van der Waals surface area contributed by atoms with Gasteiger partial charge in [0.25, 0.3) is 0 Å². The fraction of sp³-hybridized carbons (Fsp3) is 0.316. The SMILES string of the molecule is Cc1ccc(NC(=O)CCCOc2ccc(Cl)c(C)c2)c(C)c1. The topological polar surface area (TPSA) is 38.3 Å². The molecule has 0 heterocycles. The highest BCUT2D eigenvalue weighted by molar-refractivity contribution is 6.31. The number of carbonyl (C=O) groups excluding carboxylic acids is 1. The number of halogens is 1. The van der Waals surface area contributed by atoms with Crippen LogP contribution >= 0.6 is 11.6 Å². The standard InChI is InChI=1S/C19H22ClNO2/c1-13-6-9-18(15(3)11-13)21-19(22)5-4-10-23-16-7-8-17(20)14(2)12-16/h6-9,11-12H,4-5,10H2,1-3H3,(H,21,22). The number of ether oxygens (including phenoxy) is 1. The van der Waals surface area contributed by atoms with Crippen molar-refractivity contribution in [2.45, 2.75) is 33.6 Å². The molecule has 0 aliphatic carbocycles. The summed E-state index contributed by atoms with van der Waals surface area (Å²) in [4.78, 5) is 12.0. The molecule has 0 radical (unpaired) electrons. The van der Waals surface area contributed by atoms with E-state index in [0.717, 1.165) is 27.6 Å². The fourth-order valence-corrected chi connectivity index (χ4v) is 2.41. The Bertz CT molecular complexity index is 698. The third-order valence-electron chi connectivity index (χ3n) is 3.60. The Hall–Kier alpha value is -2.00. The summed E-state index contributed by atoms with van der Waals surface area (Å²) < 4.78 is 5.64. The Morgan fingerprint density at radius 2 is 1.87 bits per heavy atom. The van der Waals surface area contributed by atoms with Crippen LogP contribution in [-0.2, 0) is 4.79 Å². The summed E-state index contributed by atoms with van der Waals surface area (Å²) in [7, 11) is 0. The molecule has 3 nitrogen and oxygen atoms in total. The molecule has 122 valence electrons. The molecule has 2 aromatic carbocycles. The van der Waals surface area contributed by atoms with Gasteiger partial charge in [0.05, 0.1) is 6.61 Å². The summed E-state index contributed by atoms with van der Waals surface area (Å²) in [6, 6.07) is 11.5. The van der Waals surface area contributed by atoms with E-state index in [0.29, 0.717) is 19.4 Å². The first-order valence-electron chi connectivity index (χ1n) is 7.72. The van der Waals surface area contributed by atoms with Crippen molar-refractivity contribution in [3.05, 3.63) is 58.1 Å². The average molecular weight is 332 g/mol. The lowest BCUT2D eigenvalue weighted by molar-refractivity contribution is -0.116. The minimum absolute atomic E-state index is 0.00726. The first kappa shape index (κ1) is 17.4. The molecular weight excluding hydrogens is 310 g/mol. The van der Waals surface area contributed by atoms with Gasteiger partial charge in [0.2, 0.25) is 5.91 Å². The summed E-state index contributed by atoms with van der Waals surface area (Å²) in [5.41, 5.74) is 4.12. The van der Waals surface area contributed by atoms with Crippen molar-refractivity contribution >= 4 is 23.2 Å². The minimum atomic E-state index is 0.00726. The Balaban J connectivity index is 1.75. The Kier molecular flexibility index (Phi) is 6.05. The van der Waals surface area contributed by atoms with E-state index < -0.39 is 0 Å². The molecule has 0 aromatic heterocycles. The van der Waals surface area contributed by atoms with Crippen LogP contribution in [0.1, 0.15) is 29.5 Å². The van der Waals surface area contributed by atoms with Crippen molar-refractivity contribution in [2.75, 3.05) is 11.9 Å². The highest BCUT2D eigenvalue weighted by Gasteiger charge is 2.05. The quantitative estimate of drug-likeness (QED) is 0.751. The van der Waals surface area contributed by atoms with Crippen molar-refractivity contribution in [1.82, 2.24) is 0 Å². The van der Waals surface area contributed by atoms with Gasteiger partial charge in [0, 0.05) is 17.1 Å². The Morgan fingerprint density at radius 1 is 1.09 bits per heavy atom. The van der Waals surface area contributed by atoms with Gasteiger partial charge in [0.1, 0.15) is 5.75 Å². The van der Waals surface area contributed by atoms with E-state index in [1.54, 1.807) is 0 Å². The Labute approximate surface area is 142 Å². The lowest BCUT2D eigenvalue weighted by Crippen LogP contribution is -2.13. The van der Waals surface area contributed by atoms with E-state index in [1.165, 1.54) is 5.56 Å². The van der Waals surface area contributed by atoms with Crippen LogP contribution in [0, 0.1) is 20.8 Å². The van der Waals surface area contributed by atoms with E-state index in [2.05, 4.69) is 11.4 Å². The number of carbonyl (C=O) groups is 1. The van der Waals surface area contributed by atoms with Crippen LogP contribution in [0.25, 0.3) is 0 Å². The largest absolute Gasteiger partial charge is 0.494 e. The zero-order valence-electron chi connectivity index (χ0n) is 13.8. The van der Waals surface area contributed by atoms with E-state index >= 15 is 0 Å². The molecule has 0 aliphatic rings. The molecule has 23 heavy (non-hydrogen) atoms. The second-order valence-electron chi connectivity index (χ2n) is 5.73. The van der Waals surface area contributed by atoms with E-state index in [-0.39, 0.29) is 5.91 Å². The molecule has 0 bridgehead atoms. The number of hydrogen-bond donors (Lipinski definition) is 1. The first-order chi connectivity index (χ1) is 11.0. The van der Waals surface area contributed by atoms with Crippen molar-refractivity contribution in [3.63, 3.8) is 0 Å². The monoisotopic (exact) mass is 331 g/mol. The normalized spacial score (nSPS) is 10.4. The van der Waals surface area contributed by atoms with Crippen LogP contribution in [0.15, 0.2) is 36.4 Å². The van der Waals surface area contributed by atoms with Crippen LogP contribution in [0.4, 0.5) is 5.69 Å². The van der Waals surface area contributed by atoms with Gasteiger partial charge < -0.3 is 10.1 Å². The van der Waals surface area contributed by atoms with E-state index in [9.17, 15) is 4.79 Å². The molecule has 1 N–H and O–H groups in total. The molecular formula is C19H22ClNO2. The summed E-state index contributed by atoms with van der Waals surface area (Å²) in [5.74, 6) is 0.787. The van der Waals surface area contributed by atoms with Gasteiger partial charge in [-0.05, 0) is 62.6 Å².